The minimum Gasteiger partial charge on any atom is -0.465 e. The molecule has 0 unspecified atom stereocenters. The van der Waals surface area contributed by atoms with Crippen LogP contribution >= 0.6 is 0 Å². The Morgan fingerprint density at radius 1 is 0.761 bits per heavy atom. The van der Waals surface area contributed by atoms with Crippen molar-refractivity contribution in [2.75, 3.05) is 26.4 Å². The Morgan fingerprint density at radius 3 is 1.78 bits per heavy atom. The van der Waals surface area contributed by atoms with Gasteiger partial charge < -0.3 is 18.6 Å². The van der Waals surface area contributed by atoms with Crippen LogP contribution < -0.4 is 10.4 Å². The normalized spacial score (nSPS) is 16.5. The van der Waals surface area contributed by atoms with Gasteiger partial charge in [-0.05, 0) is 61.4 Å². The topological polar surface area (TPSA) is 54.0 Å². The van der Waals surface area contributed by atoms with E-state index in [9.17, 15) is 4.79 Å². The Bertz CT molecular complexity index is 1110. The third kappa shape index (κ3) is 11.8. The lowest BCUT2D eigenvalue weighted by Gasteiger charge is -2.47. The summed E-state index contributed by atoms with van der Waals surface area (Å²) in [6, 6.07) is 21.3. The highest BCUT2D eigenvalue weighted by Gasteiger charge is 2.52. The molecule has 0 radical (unpaired) electrons. The van der Waals surface area contributed by atoms with Crippen LogP contribution in [0.1, 0.15) is 119 Å². The molecule has 1 fully saturated rings. The molecule has 2 aromatic carbocycles. The van der Waals surface area contributed by atoms with Gasteiger partial charge in [-0.1, -0.05) is 139 Å². The van der Waals surface area contributed by atoms with Crippen LogP contribution in [0.15, 0.2) is 72.8 Å². The van der Waals surface area contributed by atoms with Crippen LogP contribution in [0.4, 0.5) is 0 Å². The van der Waals surface area contributed by atoms with E-state index in [-0.39, 0.29) is 17.6 Å². The first-order chi connectivity index (χ1) is 22.0. The number of carbonyl (C=O) groups is 1. The lowest BCUT2D eigenvalue weighted by Crippen LogP contribution is -2.68. The van der Waals surface area contributed by atoms with E-state index in [1.165, 1.54) is 55.3 Å². The van der Waals surface area contributed by atoms with E-state index >= 15 is 0 Å². The summed E-state index contributed by atoms with van der Waals surface area (Å²) in [6.45, 7) is 14.3. The zero-order valence-electron chi connectivity index (χ0n) is 29.8. The summed E-state index contributed by atoms with van der Waals surface area (Å²) in [4.78, 5) is 12.9. The number of hydrogen-bond acceptors (Lipinski definition) is 5. The van der Waals surface area contributed by atoms with Crippen molar-refractivity contribution < 1.29 is 23.4 Å². The van der Waals surface area contributed by atoms with Gasteiger partial charge in [0, 0.05) is 13.0 Å². The third-order valence-corrected chi connectivity index (χ3v) is 14.1. The fourth-order valence-corrected chi connectivity index (χ4v) is 10.9. The molecule has 6 heteroatoms. The molecule has 0 aromatic heterocycles. The average Bonchev–Trinajstić information content (AvgIpc) is 3.04. The van der Waals surface area contributed by atoms with E-state index in [4.69, 9.17) is 18.6 Å². The van der Waals surface area contributed by atoms with Gasteiger partial charge in [-0.25, -0.2) is 0 Å². The first-order valence-electron chi connectivity index (χ1n) is 17.9. The molecule has 1 aliphatic rings. The molecule has 0 amide bonds. The van der Waals surface area contributed by atoms with Gasteiger partial charge in [-0.15, -0.1) is 0 Å². The van der Waals surface area contributed by atoms with Crippen LogP contribution in [-0.2, 0) is 23.4 Å². The van der Waals surface area contributed by atoms with Crippen LogP contribution in [0.5, 0.6) is 0 Å². The Kier molecular flexibility index (Phi) is 15.7. The summed E-state index contributed by atoms with van der Waals surface area (Å²) < 4.78 is 25.6. The van der Waals surface area contributed by atoms with E-state index in [2.05, 4.69) is 101 Å². The first kappa shape index (κ1) is 38.2. The Balaban J connectivity index is 1.56. The summed E-state index contributed by atoms with van der Waals surface area (Å²) in [7, 11) is -2.78. The summed E-state index contributed by atoms with van der Waals surface area (Å²) >= 11 is 0. The monoisotopic (exact) mass is 650 g/mol. The molecule has 256 valence electrons. The number of rotatable bonds is 20. The molecule has 1 saturated heterocycles. The minimum absolute atomic E-state index is 0.152. The molecule has 5 nitrogen and oxygen atoms in total. The van der Waals surface area contributed by atoms with Crippen molar-refractivity contribution in [2.45, 2.75) is 129 Å². The number of unbranched alkanes of at least 4 members (excludes halogenated alkanes) is 9. The van der Waals surface area contributed by atoms with Crippen molar-refractivity contribution in [2.24, 2.45) is 5.41 Å². The van der Waals surface area contributed by atoms with Gasteiger partial charge in [0.05, 0.1) is 18.6 Å². The lowest BCUT2D eigenvalue weighted by molar-refractivity contribution is -0.294. The summed E-state index contributed by atoms with van der Waals surface area (Å²) in [5.41, 5.74) is -0.595. The van der Waals surface area contributed by atoms with Crippen molar-refractivity contribution in [3.8, 4) is 0 Å². The van der Waals surface area contributed by atoms with Crippen LogP contribution in [0.2, 0.25) is 5.04 Å². The van der Waals surface area contributed by atoms with Gasteiger partial charge in [-0.2, -0.15) is 0 Å². The largest absolute Gasteiger partial charge is 0.465 e. The number of benzene rings is 2. The molecular formula is C40H62O5Si. The van der Waals surface area contributed by atoms with Crippen LogP contribution in [0, 0.1) is 5.41 Å². The Morgan fingerprint density at radius 2 is 1.26 bits per heavy atom. The van der Waals surface area contributed by atoms with Crippen molar-refractivity contribution in [1.82, 2.24) is 0 Å². The molecular weight excluding hydrogens is 589 g/mol. The van der Waals surface area contributed by atoms with E-state index in [0.29, 0.717) is 26.2 Å². The molecule has 0 saturated carbocycles. The summed E-state index contributed by atoms with van der Waals surface area (Å²) in [5, 5.41) is 2.28. The average molecular weight is 651 g/mol. The Labute approximate surface area is 281 Å². The SMILES string of the molecule is CCCCCC/C=C\CCCCCCCC(=O)OCC1(CO[Si](c2ccccc2)(c2ccccc2)C(C)(C)C)COC(C)(C)OC1. The maximum Gasteiger partial charge on any atom is 0.305 e. The van der Waals surface area contributed by atoms with Gasteiger partial charge in [0.25, 0.3) is 8.32 Å². The van der Waals surface area contributed by atoms with Crippen LogP contribution in [0.3, 0.4) is 0 Å². The Hall–Kier alpha value is -2.25. The summed E-state index contributed by atoms with van der Waals surface area (Å²) in [6.07, 6.45) is 18.3. The van der Waals surface area contributed by atoms with Crippen molar-refractivity contribution in [3.63, 3.8) is 0 Å². The first-order valence-corrected chi connectivity index (χ1v) is 19.8. The number of hydrogen-bond donors (Lipinski definition) is 0. The van der Waals surface area contributed by atoms with Crippen molar-refractivity contribution in [3.05, 3.63) is 72.8 Å². The molecule has 0 atom stereocenters. The van der Waals surface area contributed by atoms with Gasteiger partial charge in [-0.3, -0.25) is 4.79 Å². The zero-order chi connectivity index (χ0) is 33.4. The molecule has 0 aliphatic carbocycles. The maximum atomic E-state index is 12.9. The number of carbonyl (C=O) groups excluding carboxylic acids is 1. The smallest absolute Gasteiger partial charge is 0.305 e. The molecule has 46 heavy (non-hydrogen) atoms. The highest BCUT2D eigenvalue weighted by molar-refractivity contribution is 6.99. The van der Waals surface area contributed by atoms with E-state index < -0.39 is 19.5 Å². The highest BCUT2D eigenvalue weighted by Crippen LogP contribution is 2.39. The highest BCUT2D eigenvalue weighted by atomic mass is 28.4. The van der Waals surface area contributed by atoms with Crippen molar-refractivity contribution in [1.29, 1.82) is 0 Å². The van der Waals surface area contributed by atoms with E-state index in [1.807, 2.05) is 13.8 Å². The maximum absolute atomic E-state index is 12.9. The number of esters is 1. The van der Waals surface area contributed by atoms with Gasteiger partial charge in [0.2, 0.25) is 0 Å². The van der Waals surface area contributed by atoms with Gasteiger partial charge in [0.1, 0.15) is 6.61 Å². The summed E-state index contributed by atoms with van der Waals surface area (Å²) in [5.74, 6) is -0.837. The van der Waals surface area contributed by atoms with Crippen LogP contribution in [0.25, 0.3) is 0 Å². The van der Waals surface area contributed by atoms with Crippen molar-refractivity contribution >= 4 is 24.7 Å². The van der Waals surface area contributed by atoms with E-state index in [0.717, 1.165) is 25.7 Å². The van der Waals surface area contributed by atoms with Gasteiger partial charge >= 0.3 is 5.97 Å². The molecule has 3 rings (SSSR count). The molecule has 0 spiro atoms. The second-order valence-corrected chi connectivity index (χ2v) is 19.0. The molecule has 2 aromatic rings. The van der Waals surface area contributed by atoms with E-state index in [1.54, 1.807) is 0 Å². The molecule has 0 N–H and O–H groups in total. The number of ether oxygens (including phenoxy) is 3. The predicted molar refractivity (Wildman–Crippen MR) is 193 cm³/mol. The molecule has 1 aliphatic heterocycles. The lowest BCUT2D eigenvalue weighted by atomic mass is 9.91. The zero-order valence-corrected chi connectivity index (χ0v) is 30.8. The minimum atomic E-state index is -2.78. The quantitative estimate of drug-likeness (QED) is 0.0619. The standard InChI is InChI=1S/C40H62O5Si/c1-7-8-9-10-11-12-13-14-15-16-17-18-25-30-37(41)42-31-40(32-43-39(5,6)44-33-40)34-45-46(38(2,3)4,35-26-21-19-22-27-35)36-28-23-20-24-29-36/h12-13,19-24,26-29H,7-11,14-18,25,30-34H2,1-6H3/b13-12-. The van der Waals surface area contributed by atoms with Gasteiger partial charge in [0.15, 0.2) is 5.79 Å². The molecule has 0 bridgehead atoms. The molecule has 1 heterocycles. The number of allylic oxidation sites excluding steroid dienone is 2. The second-order valence-electron chi connectivity index (χ2n) is 14.7. The second kappa shape index (κ2) is 18.9. The van der Waals surface area contributed by atoms with Crippen LogP contribution in [-0.4, -0.2) is 46.5 Å². The third-order valence-electron chi connectivity index (χ3n) is 9.15. The predicted octanol–water partition coefficient (Wildman–Crippen LogP) is 9.13. The fraction of sp³-hybridized carbons (Fsp3) is 0.625. The fourth-order valence-electron chi connectivity index (χ4n) is 6.26.